The molecule has 0 spiro atoms. The van der Waals surface area contributed by atoms with Crippen LogP contribution in [0.3, 0.4) is 0 Å². The Balaban J connectivity index is 3.71. The Morgan fingerprint density at radius 3 is 2.18 bits per heavy atom. The molecule has 0 fully saturated rings. The molecule has 0 saturated carbocycles. The van der Waals surface area contributed by atoms with E-state index in [-0.39, 0.29) is 5.84 Å². The van der Waals surface area contributed by atoms with Gasteiger partial charge in [0.25, 0.3) is 0 Å². The predicted octanol–water partition coefficient (Wildman–Crippen LogP) is 4.50. The van der Waals surface area contributed by atoms with Gasteiger partial charge in [-0.3, -0.25) is 16.1 Å². The summed E-state index contributed by atoms with van der Waals surface area (Å²) >= 11 is 0. The lowest BCUT2D eigenvalue weighted by Crippen LogP contribution is -2.17. The molecular weight excluding hydrogens is 212 g/mol. The largest absolute Gasteiger partial charge is 0.290 e. The quantitative estimate of drug-likeness (QED) is 0.216. The van der Waals surface area contributed by atoms with Crippen molar-refractivity contribution in [1.29, 1.82) is 5.41 Å². The fourth-order valence-corrected chi connectivity index (χ4v) is 2.23. The molecule has 0 radical (unpaired) electrons. The molecular formula is C14H30N2O. The molecule has 0 aromatic heterocycles. The third-order valence-corrected chi connectivity index (χ3v) is 3.36. The number of rotatable bonds is 11. The van der Waals surface area contributed by atoms with E-state index in [4.69, 9.17) is 10.6 Å². The molecule has 3 N–H and O–H groups in total. The smallest absolute Gasteiger partial charge is 0.117 e. The Morgan fingerprint density at radius 1 is 1.00 bits per heavy atom. The standard InChI is InChI=1S/C14H30N2O/c1-3-5-7-10-13(9-6-4-2)11-8-12-14(15)16-17/h13,17H,3-12H2,1-2H3,(H2,15,16). The monoisotopic (exact) mass is 242 g/mol. The van der Waals surface area contributed by atoms with Gasteiger partial charge in [0.05, 0.1) is 0 Å². The number of amidine groups is 1. The molecule has 0 aliphatic carbocycles. The Morgan fingerprint density at radius 2 is 1.59 bits per heavy atom. The Bertz CT molecular complexity index is 183. The zero-order valence-electron chi connectivity index (χ0n) is 11.6. The van der Waals surface area contributed by atoms with Gasteiger partial charge in [0.15, 0.2) is 0 Å². The summed E-state index contributed by atoms with van der Waals surface area (Å²) in [6, 6.07) is 0. The molecule has 0 bridgehead atoms. The highest BCUT2D eigenvalue weighted by molar-refractivity contribution is 5.77. The molecule has 102 valence electrons. The molecule has 0 amide bonds. The second kappa shape index (κ2) is 11.9. The maximum Gasteiger partial charge on any atom is 0.117 e. The SMILES string of the molecule is CCCCCC(CCCC)CCCC(=N)NO. The van der Waals surface area contributed by atoms with Crippen LogP contribution in [0.4, 0.5) is 0 Å². The molecule has 0 saturated heterocycles. The molecule has 3 nitrogen and oxygen atoms in total. The highest BCUT2D eigenvalue weighted by atomic mass is 16.5. The second-order valence-electron chi connectivity index (χ2n) is 4.99. The zero-order valence-corrected chi connectivity index (χ0v) is 11.6. The average Bonchev–Trinajstić information content (AvgIpc) is 2.35. The summed E-state index contributed by atoms with van der Waals surface area (Å²) in [5.41, 5.74) is 1.92. The van der Waals surface area contributed by atoms with Crippen LogP contribution >= 0.6 is 0 Å². The van der Waals surface area contributed by atoms with Crippen molar-refractivity contribution in [3.63, 3.8) is 0 Å². The number of nitrogens with one attached hydrogen (secondary N) is 2. The van der Waals surface area contributed by atoms with Crippen LogP contribution in [-0.2, 0) is 0 Å². The van der Waals surface area contributed by atoms with E-state index in [9.17, 15) is 0 Å². The lowest BCUT2D eigenvalue weighted by atomic mass is 9.90. The van der Waals surface area contributed by atoms with Crippen molar-refractivity contribution < 1.29 is 5.21 Å². The minimum Gasteiger partial charge on any atom is -0.290 e. The van der Waals surface area contributed by atoms with E-state index in [1.807, 2.05) is 5.48 Å². The molecule has 0 heterocycles. The van der Waals surface area contributed by atoms with E-state index in [1.165, 1.54) is 51.4 Å². The van der Waals surface area contributed by atoms with Gasteiger partial charge in [-0.15, -0.1) is 0 Å². The molecule has 1 atom stereocenters. The maximum atomic E-state index is 8.54. The summed E-state index contributed by atoms with van der Waals surface area (Å²) < 4.78 is 0. The average molecular weight is 242 g/mol. The van der Waals surface area contributed by atoms with E-state index in [1.54, 1.807) is 0 Å². The first kappa shape index (κ1) is 16.4. The van der Waals surface area contributed by atoms with Crippen LogP contribution in [0, 0.1) is 11.3 Å². The second-order valence-corrected chi connectivity index (χ2v) is 4.99. The predicted molar refractivity (Wildman–Crippen MR) is 73.7 cm³/mol. The van der Waals surface area contributed by atoms with Crippen molar-refractivity contribution >= 4 is 5.84 Å². The molecule has 1 unspecified atom stereocenters. The van der Waals surface area contributed by atoms with E-state index < -0.39 is 0 Å². The minimum absolute atomic E-state index is 0.243. The first-order chi connectivity index (χ1) is 8.24. The lowest BCUT2D eigenvalue weighted by Gasteiger charge is -2.16. The number of hydrogen-bond donors (Lipinski definition) is 3. The normalized spacial score (nSPS) is 12.4. The first-order valence-corrected chi connectivity index (χ1v) is 7.22. The third kappa shape index (κ3) is 10.3. The molecule has 17 heavy (non-hydrogen) atoms. The number of hydroxylamine groups is 1. The Kier molecular flexibility index (Phi) is 11.5. The van der Waals surface area contributed by atoms with Crippen LogP contribution in [0.25, 0.3) is 0 Å². The molecule has 0 aromatic rings. The van der Waals surface area contributed by atoms with Crippen LogP contribution in [0.5, 0.6) is 0 Å². The molecule has 0 aliphatic rings. The van der Waals surface area contributed by atoms with E-state index in [0.717, 1.165) is 12.3 Å². The van der Waals surface area contributed by atoms with Crippen LogP contribution in [0.2, 0.25) is 0 Å². The van der Waals surface area contributed by atoms with Gasteiger partial charge in [-0.05, 0) is 12.3 Å². The number of unbranched alkanes of at least 4 members (excludes halogenated alkanes) is 3. The summed E-state index contributed by atoms with van der Waals surface area (Å²) in [6.07, 6.45) is 12.2. The highest BCUT2D eigenvalue weighted by Gasteiger charge is 2.08. The first-order valence-electron chi connectivity index (χ1n) is 7.22. The number of hydrogen-bond acceptors (Lipinski definition) is 2. The van der Waals surface area contributed by atoms with Gasteiger partial charge in [0, 0.05) is 6.42 Å². The maximum absolute atomic E-state index is 8.54. The minimum atomic E-state index is 0.243. The van der Waals surface area contributed by atoms with Crippen LogP contribution in [0.15, 0.2) is 0 Å². The van der Waals surface area contributed by atoms with Gasteiger partial charge in [-0.2, -0.15) is 0 Å². The van der Waals surface area contributed by atoms with Crippen molar-refractivity contribution in [2.24, 2.45) is 5.92 Å². The van der Waals surface area contributed by atoms with Crippen LogP contribution < -0.4 is 5.48 Å². The van der Waals surface area contributed by atoms with Crippen LogP contribution in [0.1, 0.15) is 78.1 Å². The van der Waals surface area contributed by atoms with Crippen molar-refractivity contribution in [2.45, 2.75) is 78.1 Å². The van der Waals surface area contributed by atoms with Gasteiger partial charge < -0.3 is 0 Å². The summed E-state index contributed by atoms with van der Waals surface area (Å²) in [4.78, 5) is 0. The van der Waals surface area contributed by atoms with Gasteiger partial charge in [0.1, 0.15) is 5.84 Å². The molecule has 0 aliphatic heterocycles. The molecule has 0 aromatic carbocycles. The van der Waals surface area contributed by atoms with E-state index in [0.29, 0.717) is 6.42 Å². The highest BCUT2D eigenvalue weighted by Crippen LogP contribution is 2.22. The van der Waals surface area contributed by atoms with Crippen molar-refractivity contribution in [2.75, 3.05) is 0 Å². The summed E-state index contributed by atoms with van der Waals surface area (Å²) in [7, 11) is 0. The van der Waals surface area contributed by atoms with Gasteiger partial charge in [-0.1, -0.05) is 65.2 Å². The van der Waals surface area contributed by atoms with Gasteiger partial charge in [-0.25, -0.2) is 0 Å². The van der Waals surface area contributed by atoms with Crippen LogP contribution in [-0.4, -0.2) is 11.0 Å². The summed E-state index contributed by atoms with van der Waals surface area (Å²) in [5.74, 6) is 1.07. The zero-order chi connectivity index (χ0) is 12.9. The van der Waals surface area contributed by atoms with Crippen molar-refractivity contribution in [3.05, 3.63) is 0 Å². The molecule has 3 heteroatoms. The van der Waals surface area contributed by atoms with E-state index in [2.05, 4.69) is 13.8 Å². The summed E-state index contributed by atoms with van der Waals surface area (Å²) in [6.45, 7) is 4.49. The Hall–Kier alpha value is -0.570. The molecule has 0 rings (SSSR count). The topological polar surface area (TPSA) is 56.1 Å². The summed E-state index contributed by atoms with van der Waals surface area (Å²) in [5, 5.41) is 15.9. The van der Waals surface area contributed by atoms with Gasteiger partial charge in [0.2, 0.25) is 0 Å². The Labute approximate surface area is 106 Å². The van der Waals surface area contributed by atoms with Crippen molar-refractivity contribution in [3.8, 4) is 0 Å². The van der Waals surface area contributed by atoms with Crippen molar-refractivity contribution in [1.82, 2.24) is 5.48 Å². The lowest BCUT2D eigenvalue weighted by molar-refractivity contribution is 0.230. The fraction of sp³-hybridized carbons (Fsp3) is 0.929. The third-order valence-electron chi connectivity index (χ3n) is 3.36. The van der Waals surface area contributed by atoms with E-state index >= 15 is 0 Å². The van der Waals surface area contributed by atoms with Gasteiger partial charge >= 0.3 is 0 Å². The fourth-order valence-electron chi connectivity index (χ4n) is 2.23.